The lowest BCUT2D eigenvalue weighted by Crippen LogP contribution is -1.92. The van der Waals surface area contributed by atoms with E-state index < -0.39 is 0 Å². The highest BCUT2D eigenvalue weighted by Gasteiger charge is 2.14. The molecule has 0 unspecified atom stereocenters. The summed E-state index contributed by atoms with van der Waals surface area (Å²) in [7, 11) is 0. The van der Waals surface area contributed by atoms with Gasteiger partial charge in [0.15, 0.2) is 0 Å². The third kappa shape index (κ3) is 3.48. The molecule has 2 bridgehead atoms. The first-order chi connectivity index (χ1) is 9.83. The molecule has 1 aromatic heterocycles. The number of halogens is 1. The van der Waals surface area contributed by atoms with Crippen molar-refractivity contribution in [3.8, 4) is 0 Å². The second-order valence-corrected chi connectivity index (χ2v) is 7.18. The van der Waals surface area contributed by atoms with Crippen LogP contribution in [0.1, 0.15) is 11.4 Å². The molecule has 0 atom stereocenters. The number of nitrogens with zero attached hydrogens (tertiary/aromatic N) is 3. The number of thioether (sulfide) groups is 2. The Labute approximate surface area is 140 Å². The molecule has 2 aromatic rings. The van der Waals surface area contributed by atoms with Crippen molar-refractivity contribution in [2.45, 2.75) is 21.3 Å². The molecule has 0 fully saturated rings. The maximum Gasteiger partial charge on any atom is 0.0979 e. The molecule has 0 N–H and O–H groups in total. The highest BCUT2D eigenvalue weighted by atomic mass is 127. The third-order valence-corrected chi connectivity index (χ3v) is 5.59. The first kappa shape index (κ1) is 14.2. The van der Waals surface area contributed by atoms with Crippen molar-refractivity contribution in [2.24, 2.45) is 0 Å². The predicted molar refractivity (Wildman–Crippen MR) is 92.6 cm³/mol. The van der Waals surface area contributed by atoms with Crippen LogP contribution in [-0.2, 0) is 11.5 Å². The highest BCUT2D eigenvalue weighted by molar-refractivity contribution is 14.1. The monoisotopic (exact) mass is 413 g/mol. The van der Waals surface area contributed by atoms with Gasteiger partial charge in [0.2, 0.25) is 0 Å². The SMILES string of the molecule is In1nnc2c1CSc1cccccccc(c1)SC2. The van der Waals surface area contributed by atoms with E-state index in [1.165, 1.54) is 15.5 Å². The molecule has 1 aliphatic rings. The number of hydrogen-bond donors (Lipinski definition) is 0. The summed E-state index contributed by atoms with van der Waals surface area (Å²) in [6, 6.07) is 16.8. The van der Waals surface area contributed by atoms with Crippen LogP contribution in [0.4, 0.5) is 0 Å². The minimum absolute atomic E-state index is 0.863. The zero-order valence-corrected chi connectivity index (χ0v) is 14.4. The fourth-order valence-corrected chi connectivity index (χ4v) is 4.51. The van der Waals surface area contributed by atoms with E-state index in [2.05, 4.69) is 63.5 Å². The molecule has 2 heterocycles. The topological polar surface area (TPSA) is 30.7 Å². The van der Waals surface area contributed by atoms with Crippen LogP contribution in [0.25, 0.3) is 0 Å². The van der Waals surface area contributed by atoms with Crippen LogP contribution in [0, 0.1) is 0 Å². The minimum atomic E-state index is 0.863. The molecule has 20 heavy (non-hydrogen) atoms. The standard InChI is InChI=1S/C14H12IN3S2/c15-18-14-10-20-12-7-5-3-1-2-4-6-11(8-12)19-9-13(14)16-17-18/h1-8H,9-10H2. The Morgan fingerprint density at radius 2 is 1.60 bits per heavy atom. The maximum atomic E-state index is 4.27. The van der Waals surface area contributed by atoms with Gasteiger partial charge in [-0.1, -0.05) is 35.5 Å². The average Bonchev–Trinajstić information content (AvgIpc) is 2.83. The van der Waals surface area contributed by atoms with Gasteiger partial charge in [-0.15, -0.1) is 28.6 Å². The van der Waals surface area contributed by atoms with Crippen LogP contribution in [0.5, 0.6) is 0 Å². The molecule has 0 radical (unpaired) electrons. The van der Waals surface area contributed by atoms with Gasteiger partial charge in [0.25, 0.3) is 0 Å². The van der Waals surface area contributed by atoms with E-state index >= 15 is 0 Å². The molecule has 0 spiro atoms. The molecular formula is C14H12IN3S2. The molecule has 102 valence electrons. The lowest BCUT2D eigenvalue weighted by atomic mass is 10.4. The first-order valence-electron chi connectivity index (χ1n) is 6.11. The Morgan fingerprint density at radius 3 is 2.35 bits per heavy atom. The molecule has 3 rings (SSSR count). The fourth-order valence-electron chi connectivity index (χ4n) is 1.77. The second kappa shape index (κ2) is 6.82. The maximum absolute atomic E-state index is 4.27. The summed E-state index contributed by atoms with van der Waals surface area (Å²) in [6.07, 6.45) is 0. The number of rotatable bonds is 0. The van der Waals surface area contributed by atoms with E-state index in [9.17, 15) is 0 Å². The Balaban J connectivity index is 2.06. The minimum Gasteiger partial charge on any atom is -0.187 e. The molecule has 3 nitrogen and oxygen atoms in total. The average molecular weight is 413 g/mol. The van der Waals surface area contributed by atoms with E-state index in [0.717, 1.165) is 17.2 Å². The van der Waals surface area contributed by atoms with Crippen molar-refractivity contribution in [3.63, 3.8) is 0 Å². The second-order valence-electron chi connectivity index (χ2n) is 4.16. The number of fused-ring (bicyclic) bond motifs is 3. The van der Waals surface area contributed by atoms with Gasteiger partial charge in [-0.2, -0.15) is 2.90 Å². The van der Waals surface area contributed by atoms with Crippen LogP contribution < -0.4 is 0 Å². The molecule has 0 amide bonds. The summed E-state index contributed by atoms with van der Waals surface area (Å²) in [6.45, 7) is 0. The van der Waals surface area contributed by atoms with Gasteiger partial charge in [0.05, 0.1) is 34.3 Å². The Hall–Kier alpha value is -0.730. The van der Waals surface area contributed by atoms with Crippen molar-refractivity contribution in [1.82, 2.24) is 13.2 Å². The molecule has 0 aliphatic carbocycles. The molecule has 0 saturated heterocycles. The quantitative estimate of drug-likeness (QED) is 0.596. The number of aromatic nitrogens is 3. The van der Waals surface area contributed by atoms with Gasteiger partial charge >= 0.3 is 0 Å². The largest absolute Gasteiger partial charge is 0.187 e. The van der Waals surface area contributed by atoms with Crippen LogP contribution in [-0.4, -0.2) is 13.2 Å². The van der Waals surface area contributed by atoms with Gasteiger partial charge in [-0.25, -0.2) is 0 Å². The summed E-state index contributed by atoms with van der Waals surface area (Å²) in [5.41, 5.74) is 2.28. The zero-order valence-electron chi connectivity index (χ0n) is 10.6. The lowest BCUT2D eigenvalue weighted by molar-refractivity contribution is 0.897. The fraction of sp³-hybridized carbons (Fsp3) is 0.143. The highest BCUT2D eigenvalue weighted by Crippen LogP contribution is 2.32. The van der Waals surface area contributed by atoms with E-state index in [0.29, 0.717) is 0 Å². The number of hydrogen-bond acceptors (Lipinski definition) is 4. The van der Waals surface area contributed by atoms with E-state index in [1.54, 1.807) is 11.8 Å². The van der Waals surface area contributed by atoms with Gasteiger partial charge in [0.1, 0.15) is 0 Å². The van der Waals surface area contributed by atoms with Gasteiger partial charge < -0.3 is 0 Å². The molecule has 1 aliphatic heterocycles. The summed E-state index contributed by atoms with van der Waals surface area (Å²) in [4.78, 5) is 2.51. The van der Waals surface area contributed by atoms with Gasteiger partial charge in [-0.05, 0) is 18.2 Å². The third-order valence-electron chi connectivity index (χ3n) is 2.80. The van der Waals surface area contributed by atoms with Crippen molar-refractivity contribution in [1.29, 1.82) is 0 Å². The summed E-state index contributed by atoms with van der Waals surface area (Å²) >= 11 is 5.82. The Kier molecular flexibility index (Phi) is 4.85. The lowest BCUT2D eigenvalue weighted by Gasteiger charge is -2.00. The van der Waals surface area contributed by atoms with E-state index in [-0.39, 0.29) is 0 Å². The molecule has 6 heteroatoms. The summed E-state index contributed by atoms with van der Waals surface area (Å²) < 4.78 is 1.86. The van der Waals surface area contributed by atoms with E-state index in [4.69, 9.17) is 0 Å². The normalized spacial score (nSPS) is 13.4. The smallest absolute Gasteiger partial charge is 0.0979 e. The molecular weight excluding hydrogens is 401 g/mol. The van der Waals surface area contributed by atoms with Crippen molar-refractivity contribution in [2.75, 3.05) is 0 Å². The molecule has 0 saturated carbocycles. The Bertz CT molecular complexity index is 671. The first-order valence-corrected chi connectivity index (χ1v) is 9.05. The van der Waals surface area contributed by atoms with Crippen molar-refractivity contribution >= 4 is 46.4 Å². The van der Waals surface area contributed by atoms with Gasteiger partial charge in [-0.3, -0.25) is 0 Å². The van der Waals surface area contributed by atoms with Crippen LogP contribution in [0.15, 0.2) is 58.3 Å². The van der Waals surface area contributed by atoms with Crippen molar-refractivity contribution < 1.29 is 0 Å². The molecule has 1 aromatic carbocycles. The van der Waals surface area contributed by atoms with Crippen molar-refractivity contribution in [3.05, 3.63) is 59.9 Å². The van der Waals surface area contributed by atoms with E-state index in [1.807, 2.05) is 32.9 Å². The van der Waals surface area contributed by atoms with Crippen LogP contribution in [0.3, 0.4) is 0 Å². The Morgan fingerprint density at radius 1 is 0.950 bits per heavy atom. The summed E-state index contributed by atoms with van der Waals surface area (Å²) in [5.74, 6) is 1.76. The van der Waals surface area contributed by atoms with Crippen LogP contribution >= 0.6 is 46.4 Å². The van der Waals surface area contributed by atoms with Gasteiger partial charge in [0, 0.05) is 21.3 Å². The zero-order chi connectivity index (χ0) is 13.8. The van der Waals surface area contributed by atoms with Crippen LogP contribution in [0.2, 0.25) is 0 Å². The predicted octanol–water partition coefficient (Wildman–Crippen LogP) is 4.50. The summed E-state index contributed by atoms with van der Waals surface area (Å²) in [5, 5.41) is 8.40.